The van der Waals surface area contributed by atoms with Crippen molar-refractivity contribution in [2.24, 2.45) is 0 Å². The second-order valence-corrected chi connectivity index (χ2v) is 5.07. The third kappa shape index (κ3) is 3.23. The maximum absolute atomic E-state index is 5.57. The summed E-state index contributed by atoms with van der Waals surface area (Å²) in [5.41, 5.74) is 0.991. The van der Waals surface area contributed by atoms with Crippen LogP contribution in [0.3, 0.4) is 0 Å². The Balaban J connectivity index is 1.89. The predicted molar refractivity (Wildman–Crippen MR) is 72.8 cm³/mol. The van der Waals surface area contributed by atoms with E-state index in [2.05, 4.69) is 41.0 Å². The van der Waals surface area contributed by atoms with E-state index in [-0.39, 0.29) is 0 Å². The molecule has 1 atom stereocenters. The van der Waals surface area contributed by atoms with Crippen LogP contribution in [-0.4, -0.2) is 49.2 Å². The summed E-state index contributed by atoms with van der Waals surface area (Å²) in [6, 6.07) is 1.32. The number of oxazole rings is 1. The summed E-state index contributed by atoms with van der Waals surface area (Å²) in [5.74, 6) is 0. The molecule has 0 aliphatic carbocycles. The molecule has 1 aromatic heterocycles. The van der Waals surface area contributed by atoms with Gasteiger partial charge >= 0.3 is 0 Å². The van der Waals surface area contributed by atoms with Gasteiger partial charge in [0.25, 0.3) is 6.01 Å². The number of nitrogens with zero attached hydrogens (tertiary/aromatic N) is 3. The normalized spacial score (nSPS) is 21.5. The maximum Gasteiger partial charge on any atom is 0.297 e. The molecule has 0 spiro atoms. The lowest BCUT2D eigenvalue weighted by atomic mass is 10.2. The fourth-order valence-electron chi connectivity index (χ4n) is 2.14. The largest absolute Gasteiger partial charge is 0.432 e. The average Bonchev–Trinajstić information content (AvgIpc) is 2.82. The lowest BCUT2D eigenvalue weighted by molar-refractivity contribution is 0.229. The molecule has 0 amide bonds. The van der Waals surface area contributed by atoms with Crippen LogP contribution in [0.4, 0.5) is 6.01 Å². The molecule has 1 aliphatic rings. The van der Waals surface area contributed by atoms with Crippen molar-refractivity contribution in [3.8, 4) is 0 Å². The number of likely N-dealkylation sites (N-methyl/N-ethyl adjacent to an activating group) is 1. The molecule has 0 bridgehead atoms. The summed E-state index contributed by atoms with van der Waals surface area (Å²) in [7, 11) is 2.16. The highest BCUT2D eigenvalue weighted by molar-refractivity contribution is 5.28. The SMILES string of the molecule is CCCNCc1coc(N2CCN(C)C(C)C2)n1. The predicted octanol–water partition coefficient (Wildman–Crippen LogP) is 1.31. The Kier molecular flexibility index (Phi) is 4.60. The summed E-state index contributed by atoms with van der Waals surface area (Å²) in [4.78, 5) is 9.14. The van der Waals surface area contributed by atoms with Crippen molar-refractivity contribution in [1.29, 1.82) is 0 Å². The Morgan fingerprint density at radius 2 is 2.33 bits per heavy atom. The van der Waals surface area contributed by atoms with Gasteiger partial charge in [0.15, 0.2) is 0 Å². The summed E-state index contributed by atoms with van der Waals surface area (Å²) in [6.07, 6.45) is 2.90. The van der Waals surface area contributed by atoms with Gasteiger partial charge in [0, 0.05) is 32.2 Å². The third-order valence-corrected chi connectivity index (χ3v) is 3.50. The first-order valence-corrected chi connectivity index (χ1v) is 6.81. The molecule has 102 valence electrons. The van der Waals surface area contributed by atoms with Gasteiger partial charge in [-0.1, -0.05) is 6.92 Å². The lowest BCUT2D eigenvalue weighted by Gasteiger charge is -2.36. The smallest absolute Gasteiger partial charge is 0.297 e. The molecule has 5 nitrogen and oxygen atoms in total. The second kappa shape index (κ2) is 6.20. The lowest BCUT2D eigenvalue weighted by Crippen LogP contribution is -2.50. The van der Waals surface area contributed by atoms with Crippen LogP contribution in [0, 0.1) is 0 Å². The highest BCUT2D eigenvalue weighted by atomic mass is 16.4. The van der Waals surface area contributed by atoms with Crippen LogP contribution in [0.15, 0.2) is 10.7 Å². The molecular weight excluding hydrogens is 228 g/mol. The van der Waals surface area contributed by atoms with Crippen molar-refractivity contribution in [1.82, 2.24) is 15.2 Å². The zero-order valence-corrected chi connectivity index (χ0v) is 11.6. The quantitative estimate of drug-likeness (QED) is 0.801. The number of piperazine rings is 1. The molecule has 1 N–H and O–H groups in total. The number of hydrogen-bond acceptors (Lipinski definition) is 5. The van der Waals surface area contributed by atoms with E-state index in [0.717, 1.165) is 50.9 Å². The van der Waals surface area contributed by atoms with Gasteiger partial charge in [-0.25, -0.2) is 0 Å². The minimum absolute atomic E-state index is 0.548. The van der Waals surface area contributed by atoms with Crippen molar-refractivity contribution in [2.75, 3.05) is 38.1 Å². The van der Waals surface area contributed by atoms with Crippen LogP contribution < -0.4 is 10.2 Å². The van der Waals surface area contributed by atoms with Crippen LogP contribution in [0.1, 0.15) is 26.0 Å². The number of nitrogens with one attached hydrogen (secondary N) is 1. The molecule has 0 aromatic carbocycles. The molecule has 18 heavy (non-hydrogen) atoms. The van der Waals surface area contributed by atoms with E-state index < -0.39 is 0 Å². The first kappa shape index (κ1) is 13.4. The molecule has 5 heteroatoms. The van der Waals surface area contributed by atoms with Gasteiger partial charge in [-0.3, -0.25) is 0 Å². The molecule has 2 rings (SSSR count). The van der Waals surface area contributed by atoms with Gasteiger partial charge in [0.1, 0.15) is 6.26 Å². The fraction of sp³-hybridized carbons (Fsp3) is 0.769. The topological polar surface area (TPSA) is 44.5 Å². The van der Waals surface area contributed by atoms with Crippen LogP contribution in [0.5, 0.6) is 0 Å². The van der Waals surface area contributed by atoms with E-state index in [9.17, 15) is 0 Å². The van der Waals surface area contributed by atoms with Crippen molar-refractivity contribution in [3.63, 3.8) is 0 Å². The Hall–Kier alpha value is -1.07. The Morgan fingerprint density at radius 3 is 3.06 bits per heavy atom. The first-order chi connectivity index (χ1) is 8.70. The summed E-state index contributed by atoms with van der Waals surface area (Å²) in [5, 5.41) is 3.33. The van der Waals surface area contributed by atoms with Crippen LogP contribution in [0.25, 0.3) is 0 Å². The molecule has 1 saturated heterocycles. The molecule has 1 aliphatic heterocycles. The monoisotopic (exact) mass is 252 g/mol. The van der Waals surface area contributed by atoms with E-state index in [1.807, 2.05) is 0 Å². The van der Waals surface area contributed by atoms with E-state index in [1.54, 1.807) is 6.26 Å². The molecule has 0 radical (unpaired) electrons. The molecule has 1 aromatic rings. The number of hydrogen-bond donors (Lipinski definition) is 1. The maximum atomic E-state index is 5.57. The molecular formula is C13H24N4O. The summed E-state index contributed by atoms with van der Waals surface area (Å²) >= 11 is 0. The van der Waals surface area contributed by atoms with E-state index in [4.69, 9.17) is 4.42 Å². The minimum atomic E-state index is 0.548. The Labute approximate surface area is 109 Å². The van der Waals surface area contributed by atoms with Crippen LogP contribution in [0.2, 0.25) is 0 Å². The van der Waals surface area contributed by atoms with Gasteiger partial charge in [0.05, 0.1) is 5.69 Å². The van der Waals surface area contributed by atoms with E-state index in [0.29, 0.717) is 6.04 Å². The molecule has 1 unspecified atom stereocenters. The minimum Gasteiger partial charge on any atom is -0.432 e. The van der Waals surface area contributed by atoms with E-state index >= 15 is 0 Å². The molecule has 1 fully saturated rings. The molecule has 0 saturated carbocycles. The average molecular weight is 252 g/mol. The fourth-order valence-corrected chi connectivity index (χ4v) is 2.14. The van der Waals surface area contributed by atoms with Gasteiger partial charge < -0.3 is 19.5 Å². The van der Waals surface area contributed by atoms with Gasteiger partial charge in [0.2, 0.25) is 0 Å². The van der Waals surface area contributed by atoms with Crippen molar-refractivity contribution in [3.05, 3.63) is 12.0 Å². The summed E-state index contributed by atoms with van der Waals surface area (Å²) < 4.78 is 5.57. The van der Waals surface area contributed by atoms with Gasteiger partial charge in [-0.2, -0.15) is 4.98 Å². The third-order valence-electron chi connectivity index (χ3n) is 3.50. The highest BCUT2D eigenvalue weighted by Crippen LogP contribution is 2.17. The zero-order valence-electron chi connectivity index (χ0n) is 11.6. The first-order valence-electron chi connectivity index (χ1n) is 6.81. The number of rotatable bonds is 5. The van der Waals surface area contributed by atoms with Crippen molar-refractivity contribution < 1.29 is 4.42 Å². The van der Waals surface area contributed by atoms with E-state index in [1.165, 1.54) is 0 Å². The standard InChI is InChI=1S/C13H24N4O/c1-4-5-14-8-12-10-18-13(15-12)17-7-6-16(3)11(2)9-17/h10-11,14H,4-9H2,1-3H3. The van der Waals surface area contributed by atoms with Crippen molar-refractivity contribution >= 4 is 6.01 Å². The van der Waals surface area contributed by atoms with Crippen LogP contribution >= 0.6 is 0 Å². The second-order valence-electron chi connectivity index (χ2n) is 5.07. The molecule has 2 heterocycles. The van der Waals surface area contributed by atoms with Crippen LogP contribution in [-0.2, 0) is 6.54 Å². The summed E-state index contributed by atoms with van der Waals surface area (Å²) in [6.45, 7) is 9.25. The zero-order chi connectivity index (χ0) is 13.0. The van der Waals surface area contributed by atoms with Crippen molar-refractivity contribution in [2.45, 2.75) is 32.9 Å². The number of aromatic nitrogens is 1. The highest BCUT2D eigenvalue weighted by Gasteiger charge is 2.23. The Morgan fingerprint density at radius 1 is 1.50 bits per heavy atom. The van der Waals surface area contributed by atoms with Gasteiger partial charge in [-0.15, -0.1) is 0 Å². The van der Waals surface area contributed by atoms with Gasteiger partial charge in [-0.05, 0) is 26.9 Å². The Bertz CT molecular complexity index is 366. The number of anilines is 1.